The number of carbonyl (C=O) groups excluding carboxylic acids is 1. The first-order valence-electron chi connectivity index (χ1n) is 7.11. The standard InChI is InChI=1S/C18H18N2O2/c1-13(16-8-4-3-5-9-16)22-14(2)18(21)20-17-10-6-7-15(11-17)12-19/h3-11,13-14H,1-2H3,(H,20,21). The van der Waals surface area contributed by atoms with E-state index in [1.807, 2.05) is 43.3 Å². The van der Waals surface area contributed by atoms with Crippen molar-refractivity contribution in [2.45, 2.75) is 26.1 Å². The van der Waals surface area contributed by atoms with Crippen LogP contribution in [-0.4, -0.2) is 12.0 Å². The van der Waals surface area contributed by atoms with Crippen LogP contribution in [0.15, 0.2) is 54.6 Å². The molecule has 0 bridgehead atoms. The van der Waals surface area contributed by atoms with E-state index in [1.54, 1.807) is 31.2 Å². The predicted molar refractivity (Wildman–Crippen MR) is 85.2 cm³/mol. The molecule has 2 aromatic rings. The van der Waals surface area contributed by atoms with Gasteiger partial charge in [-0.05, 0) is 37.6 Å². The van der Waals surface area contributed by atoms with Crippen LogP contribution in [0.3, 0.4) is 0 Å². The first kappa shape index (κ1) is 15.7. The minimum absolute atomic E-state index is 0.174. The minimum atomic E-state index is -0.596. The summed E-state index contributed by atoms with van der Waals surface area (Å²) in [4.78, 5) is 12.2. The van der Waals surface area contributed by atoms with Crippen LogP contribution in [0, 0.1) is 11.3 Å². The second-order valence-corrected chi connectivity index (χ2v) is 5.01. The Bertz CT molecular complexity index is 677. The zero-order valence-electron chi connectivity index (χ0n) is 12.6. The van der Waals surface area contributed by atoms with Crippen molar-refractivity contribution in [1.29, 1.82) is 5.26 Å². The Hall–Kier alpha value is -2.64. The number of nitrogens with one attached hydrogen (secondary N) is 1. The molecule has 0 aliphatic carbocycles. The molecule has 1 N–H and O–H groups in total. The number of nitrogens with zero attached hydrogens (tertiary/aromatic N) is 1. The summed E-state index contributed by atoms with van der Waals surface area (Å²) in [6.07, 6.45) is -0.770. The lowest BCUT2D eigenvalue weighted by Gasteiger charge is -2.19. The lowest BCUT2D eigenvalue weighted by Crippen LogP contribution is -2.28. The molecule has 112 valence electrons. The highest BCUT2D eigenvalue weighted by molar-refractivity contribution is 5.94. The van der Waals surface area contributed by atoms with Gasteiger partial charge in [-0.1, -0.05) is 36.4 Å². The number of hydrogen-bond acceptors (Lipinski definition) is 3. The Morgan fingerprint density at radius 2 is 1.86 bits per heavy atom. The van der Waals surface area contributed by atoms with Gasteiger partial charge in [-0.3, -0.25) is 4.79 Å². The van der Waals surface area contributed by atoms with E-state index in [2.05, 4.69) is 5.32 Å². The van der Waals surface area contributed by atoms with Gasteiger partial charge in [-0.15, -0.1) is 0 Å². The predicted octanol–water partition coefficient (Wildman–Crippen LogP) is 3.66. The molecule has 22 heavy (non-hydrogen) atoms. The molecule has 2 rings (SSSR count). The van der Waals surface area contributed by atoms with Gasteiger partial charge in [0.05, 0.1) is 17.7 Å². The monoisotopic (exact) mass is 294 g/mol. The van der Waals surface area contributed by atoms with E-state index in [4.69, 9.17) is 10.00 Å². The number of benzene rings is 2. The Kier molecular flexibility index (Phi) is 5.29. The Morgan fingerprint density at radius 3 is 2.55 bits per heavy atom. The van der Waals surface area contributed by atoms with Gasteiger partial charge >= 0.3 is 0 Å². The van der Waals surface area contributed by atoms with Crippen molar-refractivity contribution in [2.24, 2.45) is 0 Å². The van der Waals surface area contributed by atoms with Crippen LogP contribution in [0.1, 0.15) is 31.1 Å². The Balaban J connectivity index is 1.96. The van der Waals surface area contributed by atoms with E-state index in [-0.39, 0.29) is 12.0 Å². The average Bonchev–Trinajstić information content (AvgIpc) is 2.55. The highest BCUT2D eigenvalue weighted by Gasteiger charge is 2.17. The van der Waals surface area contributed by atoms with E-state index in [0.717, 1.165) is 5.56 Å². The van der Waals surface area contributed by atoms with E-state index in [9.17, 15) is 4.79 Å². The zero-order chi connectivity index (χ0) is 15.9. The largest absolute Gasteiger partial charge is 0.361 e. The van der Waals surface area contributed by atoms with Crippen LogP contribution in [0.5, 0.6) is 0 Å². The number of hydrogen-bond donors (Lipinski definition) is 1. The molecule has 0 spiro atoms. The average molecular weight is 294 g/mol. The molecule has 0 radical (unpaired) electrons. The van der Waals surface area contributed by atoms with Gasteiger partial charge in [0.15, 0.2) is 0 Å². The summed E-state index contributed by atoms with van der Waals surface area (Å²) in [6.45, 7) is 3.62. The first-order valence-corrected chi connectivity index (χ1v) is 7.11. The van der Waals surface area contributed by atoms with Crippen LogP contribution in [0.25, 0.3) is 0 Å². The van der Waals surface area contributed by atoms with Crippen molar-refractivity contribution in [3.8, 4) is 6.07 Å². The van der Waals surface area contributed by atoms with Crippen molar-refractivity contribution >= 4 is 11.6 Å². The topological polar surface area (TPSA) is 62.1 Å². The van der Waals surface area contributed by atoms with E-state index >= 15 is 0 Å². The van der Waals surface area contributed by atoms with Crippen LogP contribution < -0.4 is 5.32 Å². The fourth-order valence-electron chi connectivity index (χ4n) is 2.08. The second kappa shape index (κ2) is 7.39. The number of carbonyl (C=O) groups is 1. The highest BCUT2D eigenvalue weighted by Crippen LogP contribution is 2.19. The molecule has 0 saturated carbocycles. The molecule has 0 aliphatic heterocycles. The van der Waals surface area contributed by atoms with Gasteiger partial charge in [-0.2, -0.15) is 5.26 Å². The molecule has 0 saturated heterocycles. The van der Waals surface area contributed by atoms with Crippen LogP contribution in [0.2, 0.25) is 0 Å². The molecule has 0 aliphatic rings. The van der Waals surface area contributed by atoms with Crippen molar-refractivity contribution in [1.82, 2.24) is 0 Å². The smallest absolute Gasteiger partial charge is 0.253 e. The molecule has 4 nitrogen and oxygen atoms in total. The fraction of sp³-hybridized carbons (Fsp3) is 0.222. The maximum Gasteiger partial charge on any atom is 0.253 e. The third kappa shape index (κ3) is 4.18. The number of ether oxygens (including phenoxy) is 1. The minimum Gasteiger partial charge on any atom is -0.361 e. The summed E-state index contributed by atoms with van der Waals surface area (Å²) in [6, 6.07) is 18.6. The van der Waals surface area contributed by atoms with Gasteiger partial charge in [0.2, 0.25) is 0 Å². The van der Waals surface area contributed by atoms with E-state index in [1.165, 1.54) is 0 Å². The maximum atomic E-state index is 12.2. The lowest BCUT2D eigenvalue weighted by molar-refractivity contribution is -0.129. The summed E-state index contributed by atoms with van der Waals surface area (Å²) >= 11 is 0. The normalized spacial score (nSPS) is 13.0. The van der Waals surface area contributed by atoms with Crippen LogP contribution >= 0.6 is 0 Å². The van der Waals surface area contributed by atoms with Crippen molar-refractivity contribution in [3.63, 3.8) is 0 Å². The molecular formula is C18H18N2O2. The molecule has 2 unspecified atom stereocenters. The lowest BCUT2D eigenvalue weighted by atomic mass is 10.1. The summed E-state index contributed by atoms with van der Waals surface area (Å²) in [5, 5.41) is 11.6. The third-order valence-corrected chi connectivity index (χ3v) is 3.31. The van der Waals surface area contributed by atoms with Gasteiger partial charge in [0, 0.05) is 5.69 Å². The third-order valence-electron chi connectivity index (χ3n) is 3.31. The summed E-state index contributed by atoms with van der Waals surface area (Å²) < 4.78 is 5.75. The zero-order valence-corrected chi connectivity index (χ0v) is 12.6. The number of anilines is 1. The van der Waals surface area contributed by atoms with Gasteiger partial charge in [0.25, 0.3) is 5.91 Å². The fourth-order valence-corrected chi connectivity index (χ4v) is 2.08. The van der Waals surface area contributed by atoms with Gasteiger partial charge in [-0.25, -0.2) is 0 Å². The summed E-state index contributed by atoms with van der Waals surface area (Å²) in [5.41, 5.74) is 2.12. The number of amides is 1. The quantitative estimate of drug-likeness (QED) is 0.915. The van der Waals surface area contributed by atoms with Crippen molar-refractivity contribution < 1.29 is 9.53 Å². The molecular weight excluding hydrogens is 276 g/mol. The molecule has 2 atom stereocenters. The molecule has 1 amide bonds. The summed E-state index contributed by atoms with van der Waals surface area (Å²) in [5.74, 6) is -0.238. The number of rotatable bonds is 5. The number of nitriles is 1. The Morgan fingerprint density at radius 1 is 1.14 bits per heavy atom. The van der Waals surface area contributed by atoms with Crippen molar-refractivity contribution in [3.05, 3.63) is 65.7 Å². The summed E-state index contributed by atoms with van der Waals surface area (Å²) in [7, 11) is 0. The maximum absolute atomic E-state index is 12.2. The molecule has 4 heteroatoms. The van der Waals surface area contributed by atoms with Crippen LogP contribution in [-0.2, 0) is 9.53 Å². The van der Waals surface area contributed by atoms with Gasteiger partial charge in [0.1, 0.15) is 6.10 Å². The van der Waals surface area contributed by atoms with Gasteiger partial charge < -0.3 is 10.1 Å². The highest BCUT2D eigenvalue weighted by atomic mass is 16.5. The van der Waals surface area contributed by atoms with Crippen molar-refractivity contribution in [2.75, 3.05) is 5.32 Å². The Labute approximate surface area is 130 Å². The SMILES string of the molecule is CC(OC(C)c1ccccc1)C(=O)Nc1cccc(C#N)c1. The second-order valence-electron chi connectivity index (χ2n) is 5.01. The van der Waals surface area contributed by atoms with E-state index in [0.29, 0.717) is 11.3 Å². The first-order chi connectivity index (χ1) is 10.6. The molecule has 0 fully saturated rings. The molecule has 2 aromatic carbocycles. The van der Waals surface area contributed by atoms with Crippen LogP contribution in [0.4, 0.5) is 5.69 Å². The molecule has 0 aromatic heterocycles. The van der Waals surface area contributed by atoms with E-state index < -0.39 is 6.10 Å². The molecule has 0 heterocycles.